The molecular formula is C21H25NO4. The fraction of sp³-hybridized carbons (Fsp3) is 0.333. The summed E-state index contributed by atoms with van der Waals surface area (Å²) in [6, 6.07) is 14.9. The number of benzene rings is 2. The van der Waals surface area contributed by atoms with E-state index in [9.17, 15) is 9.59 Å². The van der Waals surface area contributed by atoms with Crippen molar-refractivity contribution in [3.8, 4) is 5.75 Å². The first-order chi connectivity index (χ1) is 12.6. The number of ether oxygens (including phenoxy) is 2. The van der Waals surface area contributed by atoms with Gasteiger partial charge in [0.1, 0.15) is 5.75 Å². The smallest absolute Gasteiger partial charge is 0.220 e. The predicted octanol–water partition coefficient (Wildman–Crippen LogP) is 3.51. The average Bonchev–Trinajstić information content (AvgIpc) is 2.67. The van der Waals surface area contributed by atoms with E-state index < -0.39 is 0 Å². The number of methoxy groups -OCH3 is 2. The van der Waals surface area contributed by atoms with Crippen molar-refractivity contribution < 1.29 is 19.1 Å². The van der Waals surface area contributed by atoms with Gasteiger partial charge in [-0.1, -0.05) is 24.3 Å². The van der Waals surface area contributed by atoms with Crippen LogP contribution in [0.25, 0.3) is 0 Å². The standard InChI is InChI=1S/C21H25NO4/c1-25-15-17-8-6-16(7-9-17)14-22-21(24)5-3-4-20(23)18-10-12-19(26-2)13-11-18/h6-13H,3-5,14-15H2,1-2H3,(H,22,24). The second-order valence-electron chi connectivity index (χ2n) is 6.03. The van der Waals surface area contributed by atoms with Gasteiger partial charge in [-0.05, 0) is 41.8 Å². The van der Waals surface area contributed by atoms with E-state index in [0.29, 0.717) is 38.0 Å². The second kappa shape index (κ2) is 10.4. The first kappa shape index (κ1) is 19.7. The number of nitrogens with one attached hydrogen (secondary N) is 1. The molecule has 0 heterocycles. The highest BCUT2D eigenvalue weighted by atomic mass is 16.5. The molecule has 5 nitrogen and oxygen atoms in total. The molecule has 0 bridgehead atoms. The molecule has 0 saturated carbocycles. The van der Waals surface area contributed by atoms with E-state index in [1.807, 2.05) is 24.3 Å². The molecule has 0 aromatic heterocycles. The Bertz CT molecular complexity index is 708. The second-order valence-corrected chi connectivity index (χ2v) is 6.03. The maximum Gasteiger partial charge on any atom is 0.220 e. The van der Waals surface area contributed by atoms with Crippen LogP contribution in [0.5, 0.6) is 5.75 Å². The number of Topliss-reactive ketones (excluding diaryl/α,β-unsaturated/α-hetero) is 1. The van der Waals surface area contributed by atoms with Crippen molar-refractivity contribution in [1.82, 2.24) is 5.32 Å². The number of hydrogen-bond donors (Lipinski definition) is 1. The van der Waals surface area contributed by atoms with Gasteiger partial charge < -0.3 is 14.8 Å². The van der Waals surface area contributed by atoms with E-state index >= 15 is 0 Å². The normalized spacial score (nSPS) is 10.4. The SMILES string of the molecule is COCc1ccc(CNC(=O)CCCC(=O)c2ccc(OC)cc2)cc1. The molecule has 0 spiro atoms. The molecule has 26 heavy (non-hydrogen) atoms. The molecule has 0 saturated heterocycles. The lowest BCUT2D eigenvalue weighted by Gasteiger charge is -2.07. The van der Waals surface area contributed by atoms with Crippen molar-refractivity contribution in [3.05, 3.63) is 65.2 Å². The number of carbonyl (C=O) groups is 2. The van der Waals surface area contributed by atoms with Crippen molar-refractivity contribution in [2.24, 2.45) is 0 Å². The molecule has 1 amide bonds. The highest BCUT2D eigenvalue weighted by molar-refractivity contribution is 5.96. The minimum Gasteiger partial charge on any atom is -0.497 e. The topological polar surface area (TPSA) is 64.6 Å². The van der Waals surface area contributed by atoms with E-state index in [-0.39, 0.29) is 11.7 Å². The third-order valence-corrected chi connectivity index (χ3v) is 4.04. The molecule has 0 aliphatic carbocycles. The molecule has 0 unspecified atom stereocenters. The Balaban J connectivity index is 1.68. The fourth-order valence-electron chi connectivity index (χ4n) is 2.54. The Morgan fingerprint density at radius 3 is 2.15 bits per heavy atom. The number of carbonyl (C=O) groups excluding carboxylic acids is 2. The lowest BCUT2D eigenvalue weighted by atomic mass is 10.1. The van der Waals surface area contributed by atoms with Crippen molar-refractivity contribution in [2.45, 2.75) is 32.4 Å². The number of ketones is 1. The first-order valence-electron chi connectivity index (χ1n) is 8.63. The van der Waals surface area contributed by atoms with Crippen LogP contribution in [-0.4, -0.2) is 25.9 Å². The van der Waals surface area contributed by atoms with E-state index in [4.69, 9.17) is 9.47 Å². The van der Waals surface area contributed by atoms with Crippen molar-refractivity contribution in [3.63, 3.8) is 0 Å². The molecule has 0 aliphatic rings. The van der Waals surface area contributed by atoms with Crippen LogP contribution in [0, 0.1) is 0 Å². The van der Waals surface area contributed by atoms with Crippen LogP contribution in [-0.2, 0) is 22.7 Å². The van der Waals surface area contributed by atoms with Crippen LogP contribution >= 0.6 is 0 Å². The van der Waals surface area contributed by atoms with Crippen LogP contribution in [0.15, 0.2) is 48.5 Å². The molecule has 1 N–H and O–H groups in total. The van der Waals surface area contributed by atoms with Crippen molar-refractivity contribution in [1.29, 1.82) is 0 Å². The molecule has 0 radical (unpaired) electrons. The van der Waals surface area contributed by atoms with E-state index in [2.05, 4.69) is 5.32 Å². The average molecular weight is 355 g/mol. The van der Waals surface area contributed by atoms with Crippen LogP contribution in [0.4, 0.5) is 0 Å². The number of rotatable bonds is 10. The molecular weight excluding hydrogens is 330 g/mol. The molecule has 138 valence electrons. The van der Waals surface area contributed by atoms with Gasteiger partial charge in [0.2, 0.25) is 5.91 Å². The van der Waals surface area contributed by atoms with Crippen LogP contribution in [0.1, 0.15) is 40.7 Å². The van der Waals surface area contributed by atoms with E-state index in [1.165, 1.54) is 0 Å². The summed E-state index contributed by atoms with van der Waals surface area (Å²) in [6.07, 6.45) is 1.22. The van der Waals surface area contributed by atoms with Gasteiger partial charge in [-0.15, -0.1) is 0 Å². The highest BCUT2D eigenvalue weighted by Gasteiger charge is 2.08. The Morgan fingerprint density at radius 2 is 1.54 bits per heavy atom. The summed E-state index contributed by atoms with van der Waals surface area (Å²) in [6.45, 7) is 1.06. The zero-order valence-electron chi connectivity index (χ0n) is 15.3. The minimum atomic E-state index is -0.0477. The monoisotopic (exact) mass is 355 g/mol. The Hall–Kier alpha value is -2.66. The van der Waals surface area contributed by atoms with Crippen LogP contribution in [0.3, 0.4) is 0 Å². The number of amides is 1. The van der Waals surface area contributed by atoms with Crippen LogP contribution in [0.2, 0.25) is 0 Å². The van der Waals surface area contributed by atoms with Gasteiger partial charge >= 0.3 is 0 Å². The molecule has 2 aromatic carbocycles. The van der Waals surface area contributed by atoms with Crippen molar-refractivity contribution >= 4 is 11.7 Å². The molecule has 0 fully saturated rings. The van der Waals surface area contributed by atoms with Gasteiger partial charge in [-0.2, -0.15) is 0 Å². The lowest BCUT2D eigenvalue weighted by molar-refractivity contribution is -0.121. The van der Waals surface area contributed by atoms with Gasteiger partial charge in [0.05, 0.1) is 13.7 Å². The highest BCUT2D eigenvalue weighted by Crippen LogP contribution is 2.14. The summed E-state index contributed by atoms with van der Waals surface area (Å²) in [5.41, 5.74) is 2.77. The maximum atomic E-state index is 12.1. The summed E-state index contributed by atoms with van der Waals surface area (Å²) in [5, 5.41) is 2.88. The summed E-state index contributed by atoms with van der Waals surface area (Å²) in [4.78, 5) is 24.0. The lowest BCUT2D eigenvalue weighted by Crippen LogP contribution is -2.22. The van der Waals surface area contributed by atoms with Gasteiger partial charge in [-0.3, -0.25) is 9.59 Å². The zero-order valence-corrected chi connectivity index (χ0v) is 15.3. The van der Waals surface area contributed by atoms with Gasteiger partial charge in [0.15, 0.2) is 5.78 Å². The molecule has 0 atom stereocenters. The number of hydrogen-bond acceptors (Lipinski definition) is 4. The van der Waals surface area contributed by atoms with Crippen molar-refractivity contribution in [2.75, 3.05) is 14.2 Å². The fourth-order valence-corrected chi connectivity index (χ4v) is 2.54. The van der Waals surface area contributed by atoms with E-state index in [1.54, 1.807) is 38.5 Å². The third-order valence-electron chi connectivity index (χ3n) is 4.04. The summed E-state index contributed by atoms with van der Waals surface area (Å²) >= 11 is 0. The quantitative estimate of drug-likeness (QED) is 0.663. The molecule has 5 heteroatoms. The first-order valence-corrected chi connectivity index (χ1v) is 8.63. The summed E-state index contributed by atoms with van der Waals surface area (Å²) in [5.74, 6) is 0.707. The predicted molar refractivity (Wildman–Crippen MR) is 100 cm³/mol. The summed E-state index contributed by atoms with van der Waals surface area (Å²) < 4.78 is 10.1. The maximum absolute atomic E-state index is 12.1. The van der Waals surface area contributed by atoms with Crippen LogP contribution < -0.4 is 10.1 Å². The minimum absolute atomic E-state index is 0.0363. The summed E-state index contributed by atoms with van der Waals surface area (Å²) in [7, 11) is 3.25. The molecule has 0 aliphatic heterocycles. The van der Waals surface area contributed by atoms with E-state index in [0.717, 1.165) is 16.9 Å². The Labute approximate surface area is 154 Å². The molecule has 2 rings (SSSR count). The van der Waals surface area contributed by atoms with Gasteiger partial charge in [0, 0.05) is 32.1 Å². The molecule has 2 aromatic rings. The Morgan fingerprint density at radius 1 is 0.885 bits per heavy atom. The van der Waals surface area contributed by atoms with Gasteiger partial charge in [-0.25, -0.2) is 0 Å². The largest absolute Gasteiger partial charge is 0.497 e. The Kier molecular flexibility index (Phi) is 7.83. The third kappa shape index (κ3) is 6.33. The zero-order chi connectivity index (χ0) is 18.8. The van der Waals surface area contributed by atoms with Gasteiger partial charge in [0.25, 0.3) is 0 Å².